The molecule has 1 heterocycles. The molecule has 0 unspecified atom stereocenters. The predicted octanol–water partition coefficient (Wildman–Crippen LogP) is -2.92. The Morgan fingerprint density at radius 1 is 1.50 bits per heavy atom. The van der Waals surface area contributed by atoms with Crippen LogP contribution in [0.25, 0.3) is 0 Å². The van der Waals surface area contributed by atoms with Gasteiger partial charge < -0.3 is 24.0 Å². The van der Waals surface area contributed by atoms with Crippen LogP contribution in [0.4, 0.5) is 0 Å². The van der Waals surface area contributed by atoms with Gasteiger partial charge in [0.15, 0.2) is 0 Å². The third-order valence-corrected chi connectivity index (χ3v) is 3.32. The van der Waals surface area contributed by atoms with Crippen LogP contribution in [0.1, 0.15) is 5.69 Å². The molecule has 3 N–H and O–H groups in total. The summed E-state index contributed by atoms with van der Waals surface area (Å²) in [5.41, 5.74) is 6.74. The monoisotopic (exact) mass is 369 g/mol. The zero-order valence-corrected chi connectivity index (χ0v) is 12.9. The molecule has 0 bridgehead atoms. The zero-order valence-electron chi connectivity index (χ0n) is 9.15. The van der Waals surface area contributed by atoms with E-state index in [-0.39, 0.29) is 24.0 Å². The van der Waals surface area contributed by atoms with E-state index in [0.29, 0.717) is 0 Å². The van der Waals surface area contributed by atoms with Gasteiger partial charge >= 0.3 is 5.17 Å². The first kappa shape index (κ1) is 16.1. The number of amidine groups is 1. The molecular formula is C10H16IN3S2. The molecule has 0 aliphatic heterocycles. The lowest BCUT2D eigenvalue weighted by Gasteiger charge is -1.98. The zero-order chi connectivity index (χ0) is 10.9. The summed E-state index contributed by atoms with van der Waals surface area (Å²) in [4.78, 5) is 7.39. The average Bonchev–Trinajstić information content (AvgIpc) is 2.29. The van der Waals surface area contributed by atoms with E-state index >= 15 is 0 Å². The summed E-state index contributed by atoms with van der Waals surface area (Å²) >= 11 is 3.40. The van der Waals surface area contributed by atoms with E-state index in [1.807, 2.05) is 42.4 Å². The van der Waals surface area contributed by atoms with Gasteiger partial charge in [0.25, 0.3) is 0 Å². The Labute approximate surface area is 122 Å². The highest BCUT2D eigenvalue weighted by Gasteiger charge is 1.95. The first-order valence-electron chi connectivity index (χ1n) is 4.71. The van der Waals surface area contributed by atoms with Crippen molar-refractivity contribution in [2.45, 2.75) is 5.75 Å². The molecule has 6 heteroatoms. The van der Waals surface area contributed by atoms with Crippen molar-refractivity contribution in [3.63, 3.8) is 0 Å². The summed E-state index contributed by atoms with van der Waals surface area (Å²) in [6.07, 6.45) is 3.79. The standard InChI is InChI=1S/C10H15N3S2.HI/c1-14-10(11)13-6-7-15-8-9-4-2-3-5-12-9;/h2-5H,6-8H2,1H3,(H2,11,13);1H. The molecule has 0 radical (unpaired) electrons. The number of thioether (sulfide) groups is 2. The van der Waals surface area contributed by atoms with Gasteiger partial charge in [-0.3, -0.25) is 15.7 Å². The molecule has 90 valence electrons. The van der Waals surface area contributed by atoms with Crippen molar-refractivity contribution in [3.05, 3.63) is 30.1 Å². The number of nitrogens with two attached hydrogens (primary N) is 1. The first-order valence-corrected chi connectivity index (χ1v) is 7.09. The number of nitrogens with one attached hydrogen (secondary N) is 1. The Kier molecular flexibility index (Phi) is 10.3. The molecule has 1 rings (SSSR count). The second-order valence-electron chi connectivity index (χ2n) is 2.87. The molecule has 0 atom stereocenters. The summed E-state index contributed by atoms with van der Waals surface area (Å²) < 4.78 is 0. The fourth-order valence-electron chi connectivity index (χ4n) is 0.979. The Bertz CT molecular complexity index is 306. The first-order chi connectivity index (χ1) is 7.33. The van der Waals surface area contributed by atoms with Crippen LogP contribution in [0.5, 0.6) is 0 Å². The highest BCUT2D eigenvalue weighted by atomic mass is 127. The largest absolute Gasteiger partial charge is 1.00 e. The maximum absolute atomic E-state index is 5.61. The third-order valence-electron chi connectivity index (χ3n) is 1.74. The number of rotatable bonds is 5. The van der Waals surface area contributed by atoms with Crippen molar-refractivity contribution in [2.24, 2.45) is 5.73 Å². The van der Waals surface area contributed by atoms with Crippen molar-refractivity contribution in [3.8, 4) is 0 Å². The van der Waals surface area contributed by atoms with Crippen molar-refractivity contribution in [1.29, 1.82) is 0 Å². The van der Waals surface area contributed by atoms with Gasteiger partial charge in [-0.2, -0.15) is 11.8 Å². The highest BCUT2D eigenvalue weighted by Crippen LogP contribution is 2.07. The van der Waals surface area contributed by atoms with Gasteiger partial charge in [0, 0.05) is 17.7 Å². The number of hydrogen-bond donors (Lipinski definition) is 2. The molecule has 0 aliphatic rings. The van der Waals surface area contributed by atoms with Crippen LogP contribution in [0.3, 0.4) is 0 Å². The fourth-order valence-corrected chi connectivity index (χ4v) is 2.00. The Morgan fingerprint density at radius 2 is 2.31 bits per heavy atom. The SMILES string of the molecule is CSC(N)=[NH+]CCSCc1ccccn1.[I-]. The summed E-state index contributed by atoms with van der Waals surface area (Å²) in [6, 6.07) is 5.99. The average molecular weight is 369 g/mol. The lowest BCUT2D eigenvalue weighted by atomic mass is 10.4. The summed E-state index contributed by atoms with van der Waals surface area (Å²) in [5, 5.41) is 0.786. The lowest BCUT2D eigenvalue weighted by Crippen LogP contribution is -3.00. The van der Waals surface area contributed by atoms with Crippen LogP contribution in [0.2, 0.25) is 0 Å². The van der Waals surface area contributed by atoms with Gasteiger partial charge in [-0.1, -0.05) is 6.07 Å². The number of nitrogens with zero attached hydrogens (tertiary/aromatic N) is 1. The minimum atomic E-state index is 0. The van der Waals surface area contributed by atoms with Crippen LogP contribution in [-0.4, -0.2) is 28.7 Å². The molecule has 0 aliphatic carbocycles. The number of hydrogen-bond acceptors (Lipinski definition) is 3. The van der Waals surface area contributed by atoms with E-state index in [1.165, 1.54) is 0 Å². The number of halogens is 1. The topological polar surface area (TPSA) is 52.9 Å². The molecule has 0 spiro atoms. The van der Waals surface area contributed by atoms with E-state index < -0.39 is 0 Å². The number of pyridine rings is 1. The van der Waals surface area contributed by atoms with E-state index in [4.69, 9.17) is 5.73 Å². The van der Waals surface area contributed by atoms with Crippen molar-refractivity contribution < 1.29 is 29.0 Å². The van der Waals surface area contributed by atoms with Crippen molar-refractivity contribution in [1.82, 2.24) is 4.98 Å². The van der Waals surface area contributed by atoms with E-state index in [0.717, 1.165) is 28.9 Å². The Hall–Kier alpha value is 0.0500. The molecule has 0 amide bonds. The molecule has 0 fully saturated rings. The minimum absolute atomic E-state index is 0. The van der Waals surface area contributed by atoms with Crippen LogP contribution in [0, 0.1) is 0 Å². The molecule has 0 saturated carbocycles. The predicted molar refractivity (Wildman–Crippen MR) is 68.9 cm³/mol. The van der Waals surface area contributed by atoms with Crippen LogP contribution in [0.15, 0.2) is 24.4 Å². The highest BCUT2D eigenvalue weighted by molar-refractivity contribution is 8.12. The molecule has 1 aromatic heterocycles. The van der Waals surface area contributed by atoms with Gasteiger partial charge in [-0.05, 0) is 30.2 Å². The summed E-state index contributed by atoms with van der Waals surface area (Å²) in [7, 11) is 0. The molecular weight excluding hydrogens is 353 g/mol. The maximum Gasteiger partial charge on any atom is 0.301 e. The summed E-state index contributed by atoms with van der Waals surface area (Å²) in [5.74, 6) is 2.00. The Morgan fingerprint density at radius 3 is 2.94 bits per heavy atom. The molecule has 3 nitrogen and oxygen atoms in total. The second-order valence-corrected chi connectivity index (χ2v) is 4.82. The molecule has 16 heavy (non-hydrogen) atoms. The Balaban J connectivity index is 0.00000225. The quantitative estimate of drug-likeness (QED) is 0.253. The maximum atomic E-state index is 5.61. The third kappa shape index (κ3) is 7.34. The second kappa shape index (κ2) is 10.2. The van der Waals surface area contributed by atoms with E-state index in [9.17, 15) is 0 Å². The van der Waals surface area contributed by atoms with Crippen LogP contribution < -0.4 is 34.7 Å². The summed E-state index contributed by atoms with van der Waals surface area (Å²) in [6.45, 7) is 0.907. The fraction of sp³-hybridized carbons (Fsp3) is 0.400. The smallest absolute Gasteiger partial charge is 0.301 e. The van der Waals surface area contributed by atoms with Crippen LogP contribution >= 0.6 is 23.5 Å². The van der Waals surface area contributed by atoms with Gasteiger partial charge in [0.2, 0.25) is 0 Å². The van der Waals surface area contributed by atoms with Gasteiger partial charge in [-0.25, -0.2) is 0 Å². The van der Waals surface area contributed by atoms with Gasteiger partial charge in [0.05, 0.1) is 12.2 Å². The van der Waals surface area contributed by atoms with E-state index in [1.54, 1.807) is 11.8 Å². The van der Waals surface area contributed by atoms with Crippen molar-refractivity contribution >= 4 is 28.7 Å². The lowest BCUT2D eigenvalue weighted by molar-refractivity contribution is -0.448. The molecule has 0 saturated heterocycles. The normalized spacial score (nSPS) is 10.9. The van der Waals surface area contributed by atoms with Crippen LogP contribution in [-0.2, 0) is 5.75 Å². The van der Waals surface area contributed by atoms with Gasteiger partial charge in [-0.15, -0.1) is 0 Å². The van der Waals surface area contributed by atoms with Gasteiger partial charge in [0.1, 0.15) is 0 Å². The van der Waals surface area contributed by atoms with Crippen molar-refractivity contribution in [2.75, 3.05) is 18.6 Å². The number of aromatic nitrogens is 1. The minimum Gasteiger partial charge on any atom is -1.00 e. The molecule has 0 aromatic carbocycles. The molecule has 1 aromatic rings. The van der Waals surface area contributed by atoms with E-state index in [2.05, 4.69) is 9.98 Å².